The first kappa shape index (κ1) is 22.8. The molecule has 0 unspecified atom stereocenters. The molecule has 4 atom stereocenters. The van der Waals surface area contributed by atoms with Gasteiger partial charge in [0.25, 0.3) is 5.91 Å². The van der Waals surface area contributed by atoms with Gasteiger partial charge in [-0.25, -0.2) is 4.79 Å². The number of anilines is 2. The molecule has 2 aromatic rings. The van der Waals surface area contributed by atoms with E-state index >= 15 is 0 Å². The lowest BCUT2D eigenvalue weighted by atomic mass is 9.81. The number of benzene rings is 2. The molecule has 2 aliphatic carbocycles. The van der Waals surface area contributed by atoms with Crippen LogP contribution in [0, 0.1) is 23.7 Å². The second-order valence-corrected chi connectivity index (χ2v) is 10.1. The summed E-state index contributed by atoms with van der Waals surface area (Å²) >= 11 is 3.41. The molecular weight excluding hydrogens is 500 g/mol. The highest BCUT2D eigenvalue weighted by molar-refractivity contribution is 9.10. The number of nitrogens with one attached hydrogen (secondary N) is 1. The van der Waals surface area contributed by atoms with Crippen molar-refractivity contribution in [2.24, 2.45) is 23.7 Å². The highest BCUT2D eigenvalue weighted by atomic mass is 79.9. The van der Waals surface area contributed by atoms with Crippen molar-refractivity contribution in [3.63, 3.8) is 0 Å². The van der Waals surface area contributed by atoms with E-state index < -0.39 is 18.5 Å². The third-order valence-electron chi connectivity index (χ3n) is 7.32. The number of amides is 3. The monoisotopic (exact) mass is 524 g/mol. The fourth-order valence-electron chi connectivity index (χ4n) is 5.81. The molecule has 0 spiro atoms. The lowest BCUT2D eigenvalue weighted by molar-refractivity contribution is -0.123. The molecule has 1 heterocycles. The minimum Gasteiger partial charge on any atom is -0.452 e. The van der Waals surface area contributed by atoms with Crippen LogP contribution in [-0.4, -0.2) is 30.3 Å². The van der Waals surface area contributed by atoms with Crippen molar-refractivity contribution in [3.05, 3.63) is 58.1 Å². The summed E-state index contributed by atoms with van der Waals surface area (Å²) in [4.78, 5) is 52.3. The fourth-order valence-corrected chi connectivity index (χ4v) is 6.22. The van der Waals surface area contributed by atoms with E-state index in [0.29, 0.717) is 23.2 Å². The maximum absolute atomic E-state index is 13.1. The number of halogens is 1. The molecule has 2 saturated carbocycles. The van der Waals surface area contributed by atoms with Crippen LogP contribution >= 0.6 is 15.9 Å². The Morgan fingerprint density at radius 2 is 1.76 bits per heavy atom. The maximum atomic E-state index is 13.1. The molecule has 176 valence electrons. The highest BCUT2D eigenvalue weighted by Gasteiger charge is 2.61. The van der Waals surface area contributed by atoms with Crippen LogP contribution in [0.5, 0.6) is 0 Å². The van der Waals surface area contributed by atoms with E-state index in [-0.39, 0.29) is 29.2 Å². The van der Waals surface area contributed by atoms with Gasteiger partial charge < -0.3 is 10.1 Å². The van der Waals surface area contributed by atoms with Gasteiger partial charge in [0.1, 0.15) is 0 Å². The summed E-state index contributed by atoms with van der Waals surface area (Å²) in [5.41, 5.74) is 2.19. The number of ether oxygens (including phenoxy) is 1. The molecule has 5 rings (SSSR count). The summed E-state index contributed by atoms with van der Waals surface area (Å²) in [7, 11) is 0. The van der Waals surface area contributed by atoms with E-state index in [1.807, 2.05) is 19.1 Å². The Morgan fingerprint density at radius 1 is 1.06 bits per heavy atom. The summed E-state index contributed by atoms with van der Waals surface area (Å²) in [5, 5.41) is 2.77. The average molecular weight is 525 g/mol. The van der Waals surface area contributed by atoms with Gasteiger partial charge in [0.15, 0.2) is 6.61 Å². The van der Waals surface area contributed by atoms with Crippen LogP contribution in [0.4, 0.5) is 11.4 Å². The Bertz CT molecular complexity index is 1170. The molecule has 0 aromatic heterocycles. The number of hydrogen-bond acceptors (Lipinski definition) is 5. The molecule has 3 aliphatic rings. The number of carbonyl (C=O) groups excluding carboxylic acids is 4. The number of imide groups is 1. The number of carbonyl (C=O) groups is 4. The van der Waals surface area contributed by atoms with Crippen LogP contribution in [0.2, 0.25) is 0 Å². The minimum atomic E-state index is -0.692. The molecule has 8 heteroatoms. The molecule has 2 aromatic carbocycles. The third kappa shape index (κ3) is 3.94. The zero-order valence-electron chi connectivity index (χ0n) is 18.8. The van der Waals surface area contributed by atoms with Crippen LogP contribution in [0.1, 0.15) is 42.1 Å². The summed E-state index contributed by atoms with van der Waals surface area (Å²) in [6, 6.07) is 11.8. The topological polar surface area (TPSA) is 92.8 Å². The molecule has 0 radical (unpaired) electrons. The number of nitrogens with zero attached hydrogens (tertiary/aromatic N) is 1. The van der Waals surface area contributed by atoms with E-state index in [2.05, 4.69) is 21.2 Å². The molecule has 7 nitrogen and oxygen atoms in total. The normalized spacial score (nSPS) is 24.9. The number of esters is 1. The van der Waals surface area contributed by atoms with Gasteiger partial charge in [0, 0.05) is 10.2 Å². The van der Waals surface area contributed by atoms with E-state index in [1.54, 1.807) is 24.3 Å². The lowest BCUT2D eigenvalue weighted by Crippen LogP contribution is -2.32. The predicted octanol–water partition coefficient (Wildman–Crippen LogP) is 4.34. The first-order valence-electron chi connectivity index (χ1n) is 11.6. The molecule has 3 fully saturated rings. The number of rotatable bonds is 6. The van der Waals surface area contributed by atoms with Crippen molar-refractivity contribution >= 4 is 51.0 Å². The van der Waals surface area contributed by atoms with E-state index in [4.69, 9.17) is 4.74 Å². The van der Waals surface area contributed by atoms with Gasteiger partial charge in [0.05, 0.1) is 23.1 Å². The standard InChI is InChI=1S/C26H25BrN2O5/c1-2-14-11-18(27)8-9-20(14)28-21(30)13-34-26(33)17-4-3-5-19(12-17)29-24(31)22-15-6-7-16(10-15)23(22)25(29)32/h3-5,8-9,11-12,15-16,22-23H,2,6-7,10,13H2,1H3,(H,28,30)/t15-,16-,22-,23-/m0/s1. The SMILES string of the molecule is CCc1cc(Br)ccc1NC(=O)COC(=O)c1cccc(N2C(=O)[C@H]3[C@H]4CC[C@@H](C4)[C@@H]3C2=O)c1. The molecule has 1 aliphatic heterocycles. The van der Waals surface area contributed by atoms with Gasteiger partial charge in [-0.1, -0.05) is 28.9 Å². The van der Waals surface area contributed by atoms with Gasteiger partial charge in [-0.2, -0.15) is 0 Å². The first-order chi connectivity index (χ1) is 16.4. The van der Waals surface area contributed by atoms with Gasteiger partial charge >= 0.3 is 5.97 Å². The molecule has 3 amide bonds. The molecule has 34 heavy (non-hydrogen) atoms. The Hall–Kier alpha value is -3.00. The zero-order valence-corrected chi connectivity index (χ0v) is 20.3. The van der Waals surface area contributed by atoms with Gasteiger partial charge in [0.2, 0.25) is 11.8 Å². The van der Waals surface area contributed by atoms with Crippen LogP contribution in [0.3, 0.4) is 0 Å². The first-order valence-corrected chi connectivity index (χ1v) is 12.4. The molecule has 1 saturated heterocycles. The maximum Gasteiger partial charge on any atom is 0.338 e. The zero-order chi connectivity index (χ0) is 24.0. The van der Waals surface area contributed by atoms with E-state index in [0.717, 1.165) is 35.7 Å². The predicted molar refractivity (Wildman–Crippen MR) is 129 cm³/mol. The van der Waals surface area contributed by atoms with Crippen molar-refractivity contribution in [3.8, 4) is 0 Å². The van der Waals surface area contributed by atoms with Crippen molar-refractivity contribution in [1.82, 2.24) is 0 Å². The molecule has 1 N–H and O–H groups in total. The summed E-state index contributed by atoms with van der Waals surface area (Å²) < 4.78 is 6.12. The molecule has 2 bridgehead atoms. The fraction of sp³-hybridized carbons (Fsp3) is 0.385. The van der Waals surface area contributed by atoms with Crippen molar-refractivity contribution in [1.29, 1.82) is 0 Å². The van der Waals surface area contributed by atoms with Crippen LogP contribution in [0.25, 0.3) is 0 Å². The summed E-state index contributed by atoms with van der Waals surface area (Å²) in [6.45, 7) is 1.54. The number of fused-ring (bicyclic) bond motifs is 5. The average Bonchev–Trinajstić information content (AvgIpc) is 3.52. The van der Waals surface area contributed by atoms with Crippen LogP contribution in [0.15, 0.2) is 46.9 Å². The summed E-state index contributed by atoms with van der Waals surface area (Å²) in [5.74, 6) is -1.32. The van der Waals surface area contributed by atoms with Crippen molar-refractivity contribution in [2.75, 3.05) is 16.8 Å². The van der Waals surface area contributed by atoms with Crippen LogP contribution < -0.4 is 10.2 Å². The summed E-state index contributed by atoms with van der Waals surface area (Å²) in [6.07, 6.45) is 3.72. The Labute approximate surface area is 206 Å². The number of hydrogen-bond donors (Lipinski definition) is 1. The van der Waals surface area contributed by atoms with Crippen molar-refractivity contribution in [2.45, 2.75) is 32.6 Å². The minimum absolute atomic E-state index is 0.159. The second kappa shape index (κ2) is 8.98. The van der Waals surface area contributed by atoms with Gasteiger partial charge in [-0.15, -0.1) is 0 Å². The Kier molecular flexibility index (Phi) is 6.02. The van der Waals surface area contributed by atoms with E-state index in [9.17, 15) is 19.2 Å². The molecular formula is C26H25BrN2O5. The van der Waals surface area contributed by atoms with Gasteiger partial charge in [-0.05, 0) is 79.5 Å². The lowest BCUT2D eigenvalue weighted by Gasteiger charge is -2.19. The van der Waals surface area contributed by atoms with Crippen molar-refractivity contribution < 1.29 is 23.9 Å². The highest BCUT2D eigenvalue weighted by Crippen LogP contribution is 2.56. The Morgan fingerprint density at radius 3 is 2.44 bits per heavy atom. The third-order valence-corrected chi connectivity index (χ3v) is 7.82. The smallest absolute Gasteiger partial charge is 0.338 e. The van der Waals surface area contributed by atoms with Crippen LogP contribution in [-0.2, 0) is 25.5 Å². The van der Waals surface area contributed by atoms with E-state index in [1.165, 1.54) is 11.0 Å². The van der Waals surface area contributed by atoms with Gasteiger partial charge in [-0.3, -0.25) is 19.3 Å². The number of aryl methyl sites for hydroxylation is 1. The second-order valence-electron chi connectivity index (χ2n) is 9.23. The quantitative estimate of drug-likeness (QED) is 0.448. The Balaban J connectivity index is 1.24. The largest absolute Gasteiger partial charge is 0.452 e.